The first-order valence-corrected chi connectivity index (χ1v) is 9.78. The third-order valence-electron chi connectivity index (χ3n) is 4.34. The molecular formula is C22H32N4. The molecule has 1 heterocycles. The zero-order valence-corrected chi connectivity index (χ0v) is 16.8. The van der Waals surface area contributed by atoms with Gasteiger partial charge in [-0.1, -0.05) is 58.4 Å². The molecule has 0 saturated heterocycles. The molecule has 0 atom stereocenters. The zero-order valence-electron chi connectivity index (χ0n) is 16.8. The minimum atomic E-state index is 0.594. The fourth-order valence-electron chi connectivity index (χ4n) is 2.96. The van der Waals surface area contributed by atoms with E-state index in [9.17, 15) is 0 Å². The number of aryl methyl sites for hydroxylation is 2. The highest BCUT2D eigenvalue weighted by molar-refractivity contribution is 6.00. The molecule has 0 aliphatic carbocycles. The number of hydrogen-bond acceptors (Lipinski definition) is 4. The Morgan fingerprint density at radius 2 is 1.85 bits per heavy atom. The van der Waals surface area contributed by atoms with Crippen molar-refractivity contribution in [2.75, 3.05) is 5.43 Å². The van der Waals surface area contributed by atoms with Crippen molar-refractivity contribution in [3.05, 3.63) is 52.8 Å². The van der Waals surface area contributed by atoms with Crippen LogP contribution in [0.15, 0.2) is 35.4 Å². The van der Waals surface area contributed by atoms with Gasteiger partial charge in [0.1, 0.15) is 0 Å². The molecule has 0 spiro atoms. The van der Waals surface area contributed by atoms with E-state index in [2.05, 4.69) is 78.5 Å². The van der Waals surface area contributed by atoms with E-state index in [-0.39, 0.29) is 0 Å². The number of hydrogen-bond donors (Lipinski definition) is 1. The average molecular weight is 353 g/mol. The van der Waals surface area contributed by atoms with Crippen molar-refractivity contribution in [2.45, 2.75) is 66.7 Å². The summed E-state index contributed by atoms with van der Waals surface area (Å²) in [5.41, 5.74) is 8.71. The van der Waals surface area contributed by atoms with E-state index < -0.39 is 0 Å². The van der Waals surface area contributed by atoms with Crippen molar-refractivity contribution in [3.63, 3.8) is 0 Å². The molecule has 4 heteroatoms. The van der Waals surface area contributed by atoms with Gasteiger partial charge in [-0.05, 0) is 50.2 Å². The van der Waals surface area contributed by atoms with Crippen LogP contribution < -0.4 is 5.43 Å². The second-order valence-corrected chi connectivity index (χ2v) is 7.20. The molecule has 0 amide bonds. The molecule has 1 aromatic carbocycles. The summed E-state index contributed by atoms with van der Waals surface area (Å²) in [6, 6.07) is 10.6. The molecule has 26 heavy (non-hydrogen) atoms. The van der Waals surface area contributed by atoms with Crippen LogP contribution in [0.25, 0.3) is 0 Å². The van der Waals surface area contributed by atoms with Gasteiger partial charge in [0.15, 0.2) is 0 Å². The summed E-state index contributed by atoms with van der Waals surface area (Å²) >= 11 is 0. The molecule has 0 unspecified atom stereocenters. The molecule has 2 rings (SSSR count). The fraction of sp³-hybridized carbons (Fsp3) is 0.500. The first kappa shape index (κ1) is 20.1. The Balaban J connectivity index is 2.21. The van der Waals surface area contributed by atoms with E-state index >= 15 is 0 Å². The van der Waals surface area contributed by atoms with Gasteiger partial charge >= 0.3 is 0 Å². The van der Waals surface area contributed by atoms with Crippen LogP contribution in [0.5, 0.6) is 0 Å². The number of anilines is 1. The second kappa shape index (κ2) is 10.0. The van der Waals surface area contributed by atoms with Crippen molar-refractivity contribution >= 4 is 11.7 Å². The monoisotopic (exact) mass is 352 g/mol. The summed E-state index contributed by atoms with van der Waals surface area (Å²) in [5.74, 6) is 1.21. The highest BCUT2D eigenvalue weighted by Crippen LogP contribution is 2.15. The smallest absolute Gasteiger partial charge is 0.243 e. The molecule has 1 N–H and O–H groups in total. The maximum absolute atomic E-state index is 4.63. The summed E-state index contributed by atoms with van der Waals surface area (Å²) in [5, 5.41) is 4.57. The minimum Gasteiger partial charge on any atom is -0.245 e. The Morgan fingerprint density at radius 1 is 1.12 bits per heavy atom. The maximum atomic E-state index is 4.63. The Morgan fingerprint density at radius 3 is 2.54 bits per heavy atom. The Hall–Kier alpha value is -2.23. The summed E-state index contributed by atoms with van der Waals surface area (Å²) in [7, 11) is 0. The fourth-order valence-corrected chi connectivity index (χ4v) is 2.96. The third kappa shape index (κ3) is 5.94. The molecule has 0 fully saturated rings. The number of unbranched alkanes of at least 4 members (excludes halogenated alkanes) is 1. The minimum absolute atomic E-state index is 0.594. The van der Waals surface area contributed by atoms with Gasteiger partial charge < -0.3 is 0 Å². The average Bonchev–Trinajstić information content (AvgIpc) is 2.64. The van der Waals surface area contributed by atoms with E-state index in [1.165, 1.54) is 11.1 Å². The molecule has 1 aromatic heterocycles. The van der Waals surface area contributed by atoms with Crippen LogP contribution in [-0.4, -0.2) is 15.7 Å². The predicted octanol–water partition coefficient (Wildman–Crippen LogP) is 5.42. The Kier molecular flexibility index (Phi) is 7.76. The van der Waals surface area contributed by atoms with Crippen molar-refractivity contribution in [1.29, 1.82) is 0 Å². The van der Waals surface area contributed by atoms with Crippen LogP contribution in [0, 0.1) is 5.92 Å². The standard InChI is InChI=1S/C22H32N4/c1-6-8-12-20-15-19(7-2)23-22(24-20)26-25-17(5)21-13-10-9-11-18(21)14-16(3)4/h9-11,13,15-16H,6-8,12,14H2,1-5H3,(H,23,24,26). The van der Waals surface area contributed by atoms with E-state index in [0.717, 1.165) is 49.2 Å². The van der Waals surface area contributed by atoms with Crippen molar-refractivity contribution in [3.8, 4) is 0 Å². The molecule has 2 aromatic rings. The van der Waals surface area contributed by atoms with E-state index in [1.54, 1.807) is 0 Å². The number of rotatable bonds is 9. The van der Waals surface area contributed by atoms with Crippen molar-refractivity contribution in [1.82, 2.24) is 9.97 Å². The molecular weight excluding hydrogens is 320 g/mol. The number of nitrogens with one attached hydrogen (secondary N) is 1. The number of aromatic nitrogens is 2. The molecule has 0 aliphatic heterocycles. The first-order chi connectivity index (χ1) is 12.5. The maximum Gasteiger partial charge on any atom is 0.243 e. The van der Waals surface area contributed by atoms with Gasteiger partial charge in [0.2, 0.25) is 5.95 Å². The third-order valence-corrected chi connectivity index (χ3v) is 4.34. The summed E-state index contributed by atoms with van der Waals surface area (Å²) in [6.45, 7) is 10.8. The van der Waals surface area contributed by atoms with Crippen molar-refractivity contribution < 1.29 is 0 Å². The van der Waals surface area contributed by atoms with Crippen LogP contribution in [-0.2, 0) is 19.3 Å². The number of benzene rings is 1. The van der Waals surface area contributed by atoms with Crippen LogP contribution in [0.3, 0.4) is 0 Å². The number of nitrogens with zero attached hydrogens (tertiary/aromatic N) is 3. The lowest BCUT2D eigenvalue weighted by Crippen LogP contribution is -2.08. The van der Waals surface area contributed by atoms with Gasteiger partial charge in [-0.3, -0.25) is 0 Å². The summed E-state index contributed by atoms with van der Waals surface area (Å²) < 4.78 is 0. The SMILES string of the molecule is CCCCc1cc(CC)nc(NN=C(C)c2ccccc2CC(C)C)n1. The van der Waals surface area contributed by atoms with Gasteiger partial charge in [0.05, 0.1) is 5.71 Å². The molecule has 0 radical (unpaired) electrons. The van der Waals surface area contributed by atoms with Gasteiger partial charge in [-0.15, -0.1) is 0 Å². The van der Waals surface area contributed by atoms with Crippen LogP contribution in [0.4, 0.5) is 5.95 Å². The lowest BCUT2D eigenvalue weighted by molar-refractivity contribution is 0.646. The highest BCUT2D eigenvalue weighted by atomic mass is 15.4. The second-order valence-electron chi connectivity index (χ2n) is 7.20. The molecule has 140 valence electrons. The topological polar surface area (TPSA) is 50.2 Å². The summed E-state index contributed by atoms with van der Waals surface area (Å²) in [4.78, 5) is 9.19. The van der Waals surface area contributed by atoms with Crippen LogP contribution >= 0.6 is 0 Å². The normalized spacial score (nSPS) is 11.8. The first-order valence-electron chi connectivity index (χ1n) is 9.78. The van der Waals surface area contributed by atoms with Gasteiger partial charge in [0.25, 0.3) is 0 Å². The Labute approximate surface area is 158 Å². The lowest BCUT2D eigenvalue weighted by atomic mass is 9.96. The van der Waals surface area contributed by atoms with E-state index in [1.807, 2.05) is 6.92 Å². The van der Waals surface area contributed by atoms with Crippen LogP contribution in [0.1, 0.15) is 70.0 Å². The quantitative estimate of drug-likeness (QED) is 0.484. The highest BCUT2D eigenvalue weighted by Gasteiger charge is 2.08. The number of hydrazone groups is 1. The van der Waals surface area contributed by atoms with Gasteiger partial charge in [-0.2, -0.15) is 5.10 Å². The summed E-state index contributed by atoms with van der Waals surface area (Å²) in [6.07, 6.45) is 5.24. The van der Waals surface area contributed by atoms with Gasteiger partial charge in [-0.25, -0.2) is 15.4 Å². The largest absolute Gasteiger partial charge is 0.245 e. The van der Waals surface area contributed by atoms with Crippen LogP contribution in [0.2, 0.25) is 0 Å². The molecule has 0 bridgehead atoms. The predicted molar refractivity (Wildman–Crippen MR) is 111 cm³/mol. The lowest BCUT2D eigenvalue weighted by Gasteiger charge is -2.12. The molecule has 0 aliphatic rings. The zero-order chi connectivity index (χ0) is 18.9. The molecule has 4 nitrogen and oxygen atoms in total. The van der Waals surface area contributed by atoms with E-state index in [0.29, 0.717) is 11.9 Å². The van der Waals surface area contributed by atoms with Crippen molar-refractivity contribution in [2.24, 2.45) is 11.0 Å². The van der Waals surface area contributed by atoms with Gasteiger partial charge in [0, 0.05) is 17.0 Å². The molecule has 0 saturated carbocycles. The Bertz CT molecular complexity index is 735. The van der Waals surface area contributed by atoms with E-state index in [4.69, 9.17) is 0 Å².